The number of alkyl halides is 3. The van der Waals surface area contributed by atoms with Crippen molar-refractivity contribution in [3.8, 4) is 11.5 Å². The molecule has 1 amide bonds. The number of aliphatic carboxylic acids is 1. The quantitative estimate of drug-likeness (QED) is 0.0764. The zero-order valence-corrected chi connectivity index (χ0v) is 23.9. The van der Waals surface area contributed by atoms with Gasteiger partial charge in [0.05, 0.1) is 13.2 Å². The van der Waals surface area contributed by atoms with E-state index >= 15 is 0 Å². The first kappa shape index (κ1) is 35.3. The summed E-state index contributed by atoms with van der Waals surface area (Å²) >= 11 is 0. The lowest BCUT2D eigenvalue weighted by Crippen LogP contribution is -2.39. The minimum atomic E-state index is -5.19. The molecule has 17 heteroatoms. The molecule has 0 aliphatic rings. The Morgan fingerprint density at radius 2 is 1.45 bits per heavy atom. The van der Waals surface area contributed by atoms with Crippen LogP contribution >= 0.6 is 7.60 Å². The minimum absolute atomic E-state index is 0.0537. The van der Waals surface area contributed by atoms with E-state index < -0.39 is 31.6 Å². The van der Waals surface area contributed by atoms with Gasteiger partial charge in [-0.3, -0.25) is 0 Å². The lowest BCUT2D eigenvalue weighted by molar-refractivity contribution is -0.344. The first-order valence-electron chi connectivity index (χ1n) is 12.7. The fourth-order valence-corrected chi connectivity index (χ4v) is 4.97. The number of hydrogen-bond donors (Lipinski definition) is 3. The van der Waals surface area contributed by atoms with Crippen LogP contribution in [0.2, 0.25) is 0 Å². The number of ether oxygens (including phenoxy) is 2. The molecule has 0 aliphatic heterocycles. The normalized spacial score (nSPS) is 11.5. The summed E-state index contributed by atoms with van der Waals surface area (Å²) < 4.78 is 68.2. The average Bonchev–Trinajstić information content (AvgIpc) is 2.98. The second-order valence-corrected chi connectivity index (χ2v) is 10.5. The molecule has 3 rings (SSSR count). The number of carboxylic acid groups (broad SMARTS) is 1. The summed E-state index contributed by atoms with van der Waals surface area (Å²) in [6.07, 6.45) is -5.90. The van der Waals surface area contributed by atoms with Gasteiger partial charge in [0.25, 0.3) is 0 Å². The monoisotopic (exact) mass is 639 g/mol. The predicted molar refractivity (Wildman–Crippen MR) is 149 cm³/mol. The second-order valence-electron chi connectivity index (χ2n) is 8.45. The van der Waals surface area contributed by atoms with E-state index in [-0.39, 0.29) is 32.8 Å². The third kappa shape index (κ3) is 13.4. The average molecular weight is 640 g/mol. The van der Waals surface area contributed by atoms with E-state index in [0.29, 0.717) is 17.2 Å². The fraction of sp³-hybridized carbons (Fsp3) is 0.259. The number of carboxylic acids is 1. The molecule has 0 saturated carbocycles. The highest BCUT2D eigenvalue weighted by Crippen LogP contribution is 2.53. The number of hydrogen-bond acceptors (Lipinski definition) is 11. The lowest BCUT2D eigenvalue weighted by atomic mass is 10.1. The molecule has 0 saturated heterocycles. The molecular weight excluding hydrogens is 610 g/mol. The second kappa shape index (κ2) is 17.9. The third-order valence-corrected chi connectivity index (χ3v) is 7.13. The van der Waals surface area contributed by atoms with Gasteiger partial charge in [-0.05, 0) is 42.0 Å². The van der Waals surface area contributed by atoms with Crippen molar-refractivity contribution in [2.45, 2.75) is 18.4 Å². The number of benzene rings is 3. The number of amides is 1. The van der Waals surface area contributed by atoms with Crippen LogP contribution in [0.15, 0.2) is 90.0 Å². The highest BCUT2D eigenvalue weighted by atomic mass is 31.2. The van der Waals surface area contributed by atoms with E-state index in [2.05, 4.69) is 15.3 Å². The van der Waals surface area contributed by atoms with Crippen LogP contribution < -0.4 is 30.1 Å². The van der Waals surface area contributed by atoms with Crippen molar-refractivity contribution in [3.63, 3.8) is 0 Å². The molecule has 4 N–H and O–H groups in total. The number of nitrogen functional groups attached to an aromatic ring is 1. The van der Waals surface area contributed by atoms with E-state index in [4.69, 9.17) is 39.7 Å². The summed E-state index contributed by atoms with van der Waals surface area (Å²) in [4.78, 5) is 24.3. The van der Waals surface area contributed by atoms with Gasteiger partial charge in [0, 0.05) is 12.1 Å². The molecule has 236 valence electrons. The highest BCUT2D eigenvalue weighted by Gasteiger charge is 2.41. The van der Waals surface area contributed by atoms with Crippen LogP contribution in [0.4, 0.5) is 23.7 Å². The summed E-state index contributed by atoms with van der Waals surface area (Å²) in [5.41, 5.74) is 13.7. The number of halogens is 3. The van der Waals surface area contributed by atoms with E-state index in [1.165, 1.54) is 0 Å². The number of nitrogens with two attached hydrogens (primary N) is 1. The summed E-state index contributed by atoms with van der Waals surface area (Å²) in [5, 5.41) is 14.9. The Labute approximate surface area is 249 Å². The van der Waals surface area contributed by atoms with Crippen LogP contribution in [0.1, 0.15) is 5.56 Å². The number of carbonyl (C=O) groups is 2. The van der Waals surface area contributed by atoms with Crippen molar-refractivity contribution in [2.24, 2.45) is 5.11 Å². The van der Waals surface area contributed by atoms with E-state index in [1.807, 2.05) is 0 Å². The van der Waals surface area contributed by atoms with Gasteiger partial charge in [-0.1, -0.05) is 48.5 Å². The molecule has 44 heavy (non-hydrogen) atoms. The Morgan fingerprint density at radius 3 is 1.93 bits per heavy atom. The molecule has 1 atom stereocenters. The number of rotatable bonds is 14. The Kier molecular flexibility index (Phi) is 14.4. The molecule has 0 spiro atoms. The predicted octanol–water partition coefficient (Wildman–Crippen LogP) is 4.08. The number of carbonyl (C=O) groups excluding carboxylic acids is 2. The molecule has 0 aliphatic carbocycles. The van der Waals surface area contributed by atoms with Gasteiger partial charge in [-0.25, -0.2) is 9.36 Å². The van der Waals surface area contributed by atoms with Crippen LogP contribution in [0.3, 0.4) is 0 Å². The maximum atomic E-state index is 14.3. The fourth-order valence-electron chi connectivity index (χ4n) is 3.15. The Balaban J connectivity index is 0.000000860. The smallest absolute Gasteiger partial charge is 0.453 e. The van der Waals surface area contributed by atoms with Crippen molar-refractivity contribution in [3.05, 3.63) is 90.5 Å². The number of alkyl carbamates (subject to hydrolysis) is 1. The van der Waals surface area contributed by atoms with E-state index in [0.717, 1.165) is 5.56 Å². The molecule has 0 bridgehead atoms. The van der Waals surface area contributed by atoms with Crippen molar-refractivity contribution in [1.29, 1.82) is 5.53 Å². The highest BCUT2D eigenvalue weighted by molar-refractivity contribution is 7.55. The lowest BCUT2D eigenvalue weighted by Gasteiger charge is -2.28. The molecular formula is C27H29F3N5O8P. The van der Waals surface area contributed by atoms with Crippen LogP contribution in [-0.2, 0) is 25.3 Å². The zero-order chi connectivity index (χ0) is 32.4. The Morgan fingerprint density at radius 1 is 0.932 bits per heavy atom. The van der Waals surface area contributed by atoms with Gasteiger partial charge in [-0.2, -0.15) is 13.2 Å². The molecule has 0 fully saturated rings. The minimum Gasteiger partial charge on any atom is -0.542 e. The number of nitrogens with zero attached hydrogens (tertiary/aromatic N) is 2. The van der Waals surface area contributed by atoms with E-state index in [9.17, 15) is 22.5 Å². The van der Waals surface area contributed by atoms with Gasteiger partial charge in [0.2, 0.25) is 4.91 Å². The van der Waals surface area contributed by atoms with Crippen LogP contribution in [0, 0.1) is 5.53 Å². The van der Waals surface area contributed by atoms with Gasteiger partial charge in [0.1, 0.15) is 41.3 Å². The van der Waals surface area contributed by atoms with Crippen molar-refractivity contribution < 1.29 is 51.0 Å². The van der Waals surface area contributed by atoms with Gasteiger partial charge < -0.3 is 39.5 Å². The van der Waals surface area contributed by atoms with Crippen LogP contribution in [0.25, 0.3) is 0 Å². The number of anilines is 1. The number of para-hydroxylation sites is 2. The summed E-state index contributed by atoms with van der Waals surface area (Å²) in [5.74, 6) is -3.48. The first-order chi connectivity index (χ1) is 20.9. The molecule has 0 radical (unpaired) electrons. The Hall–Kier alpha value is -4.91. The van der Waals surface area contributed by atoms with Gasteiger partial charge >= 0.3 is 19.9 Å². The summed E-state index contributed by atoms with van der Waals surface area (Å²) in [6, 6.07) is 24.1. The van der Waals surface area contributed by atoms with Gasteiger partial charge in [0.15, 0.2) is 5.78 Å². The first-order valence-corrected chi connectivity index (χ1v) is 14.3. The molecule has 13 nitrogen and oxygen atoms in total. The maximum Gasteiger partial charge on any atom is 0.453 e. The van der Waals surface area contributed by atoms with E-state index in [1.54, 1.807) is 84.9 Å². The van der Waals surface area contributed by atoms with Crippen LogP contribution in [0.5, 0.6) is 11.5 Å². The molecule has 1 unspecified atom stereocenters. The molecule has 0 aromatic heterocycles. The summed E-state index contributed by atoms with van der Waals surface area (Å²) in [7, 11) is -4.08. The standard InChI is InChI=1S/C25H28N5O6P.C2HF3O2/c26-21-13-11-20(12-14-21)19-24(29-25(31)34-18-17-33-16-15-28-30-27)37(32,35-22-7-3-1-4-8-22)36-23-9-5-2-6-10-23;3-2(4,5)1(6)7/h1-14,24,27H,15-19,26H2;(H,6,7). The largest absolute Gasteiger partial charge is 0.542 e. The molecule has 0 heterocycles. The topological polar surface area (TPSA) is 200 Å². The van der Waals surface area contributed by atoms with Crippen LogP contribution in [-0.4, -0.2) is 50.4 Å². The van der Waals surface area contributed by atoms with Crippen molar-refractivity contribution in [2.75, 3.05) is 32.1 Å². The summed E-state index contributed by atoms with van der Waals surface area (Å²) in [6.45, 7) is 0.526. The Bertz CT molecular complexity index is 1370. The molecule has 3 aromatic rings. The SMILES string of the molecule is N=[N+]=NCCOCCOC(=O)NC(Cc1ccc(N)cc1)P(=O)(Oc1ccccc1)Oc1ccccc1.O=C([O-])C(F)(F)F. The third-order valence-electron chi connectivity index (χ3n) is 5.13. The zero-order valence-electron chi connectivity index (χ0n) is 23.0. The maximum absolute atomic E-state index is 14.3. The van der Waals surface area contributed by atoms with Crippen molar-refractivity contribution in [1.82, 2.24) is 10.2 Å². The number of nitrogens with one attached hydrogen (secondary N) is 2. The molecule has 3 aromatic carbocycles. The van der Waals surface area contributed by atoms with Crippen molar-refractivity contribution >= 4 is 25.3 Å². The van der Waals surface area contributed by atoms with Gasteiger partial charge in [-0.15, -0.1) is 0 Å².